The number of benzene rings is 1. The molecule has 1 N–H and O–H groups in total. The Labute approximate surface area is 129 Å². The van der Waals surface area contributed by atoms with E-state index in [0.717, 1.165) is 30.4 Å². The quantitative estimate of drug-likeness (QED) is 0.925. The number of para-hydroxylation sites is 1. The highest BCUT2D eigenvalue weighted by Gasteiger charge is 2.51. The fourth-order valence-electron chi connectivity index (χ4n) is 3.76. The molecule has 5 nitrogen and oxygen atoms in total. The van der Waals surface area contributed by atoms with E-state index in [0.29, 0.717) is 18.8 Å². The zero-order valence-corrected chi connectivity index (χ0v) is 12.7. The fourth-order valence-corrected chi connectivity index (χ4v) is 3.76. The Balaban J connectivity index is 1.60. The summed E-state index contributed by atoms with van der Waals surface area (Å²) in [6.07, 6.45) is 1.96. The van der Waals surface area contributed by atoms with Crippen molar-refractivity contribution in [3.8, 4) is 0 Å². The molecule has 0 aliphatic carbocycles. The minimum absolute atomic E-state index is 0.0191. The Morgan fingerprint density at radius 1 is 1.45 bits per heavy atom. The van der Waals surface area contributed by atoms with Crippen LogP contribution in [0.25, 0.3) is 10.9 Å². The van der Waals surface area contributed by atoms with Gasteiger partial charge in [0.05, 0.1) is 13.1 Å². The number of carbonyl (C=O) groups excluding carboxylic acids is 1. The predicted octanol–water partition coefficient (Wildman–Crippen LogP) is 2.19. The van der Waals surface area contributed by atoms with E-state index in [1.807, 2.05) is 35.2 Å². The van der Waals surface area contributed by atoms with Gasteiger partial charge < -0.3 is 19.4 Å². The van der Waals surface area contributed by atoms with Crippen molar-refractivity contribution < 1.29 is 14.3 Å². The summed E-state index contributed by atoms with van der Waals surface area (Å²) < 4.78 is 11.5. The molecule has 22 heavy (non-hydrogen) atoms. The lowest BCUT2D eigenvalue weighted by Crippen LogP contribution is -2.42. The van der Waals surface area contributed by atoms with Crippen molar-refractivity contribution in [1.29, 1.82) is 0 Å². The number of aromatic nitrogens is 1. The number of rotatable bonds is 2. The predicted molar refractivity (Wildman–Crippen MR) is 82.9 cm³/mol. The fraction of sp³-hybridized carbons (Fsp3) is 0.471. The molecule has 0 unspecified atom stereocenters. The number of nitrogens with zero attached hydrogens (tertiary/aromatic N) is 1. The summed E-state index contributed by atoms with van der Waals surface area (Å²) in [7, 11) is 1.70. The zero-order valence-electron chi connectivity index (χ0n) is 12.7. The lowest BCUT2D eigenvalue weighted by molar-refractivity contribution is -0.0754. The molecule has 2 fully saturated rings. The minimum Gasteiger partial charge on any atom is -0.377 e. The molecule has 1 aromatic heterocycles. The molecule has 2 saturated heterocycles. The summed E-state index contributed by atoms with van der Waals surface area (Å²) in [5.74, 6) is 0.0191. The van der Waals surface area contributed by atoms with Gasteiger partial charge in [0.25, 0.3) is 5.91 Å². The lowest BCUT2D eigenvalue weighted by atomic mass is 9.96. The molecule has 3 heterocycles. The first-order valence-electron chi connectivity index (χ1n) is 7.76. The molecular formula is C17H20N2O3. The van der Waals surface area contributed by atoms with Crippen molar-refractivity contribution in [3.05, 3.63) is 36.0 Å². The van der Waals surface area contributed by atoms with E-state index in [2.05, 4.69) is 4.98 Å². The van der Waals surface area contributed by atoms with Gasteiger partial charge in [0.15, 0.2) is 0 Å². The van der Waals surface area contributed by atoms with Gasteiger partial charge in [-0.15, -0.1) is 0 Å². The van der Waals surface area contributed by atoms with E-state index >= 15 is 0 Å². The highest BCUT2D eigenvalue weighted by Crippen LogP contribution is 2.37. The molecule has 1 aromatic carbocycles. The van der Waals surface area contributed by atoms with Gasteiger partial charge in [0.2, 0.25) is 0 Å². The van der Waals surface area contributed by atoms with Crippen LogP contribution in [-0.2, 0) is 9.47 Å². The molecule has 0 radical (unpaired) electrons. The number of fused-ring (bicyclic) bond motifs is 1. The number of amides is 1. The van der Waals surface area contributed by atoms with Gasteiger partial charge in [-0.05, 0) is 25.0 Å². The summed E-state index contributed by atoms with van der Waals surface area (Å²) in [5.41, 5.74) is 1.31. The number of hydrogen-bond acceptors (Lipinski definition) is 3. The van der Waals surface area contributed by atoms with E-state index in [1.165, 1.54) is 0 Å². The molecule has 2 aliphatic heterocycles. The first kappa shape index (κ1) is 13.8. The summed E-state index contributed by atoms with van der Waals surface area (Å²) in [6, 6.07) is 9.84. The van der Waals surface area contributed by atoms with Crippen LogP contribution in [0, 0.1) is 0 Å². The monoisotopic (exact) mass is 300 g/mol. The maximum absolute atomic E-state index is 12.8. The smallest absolute Gasteiger partial charge is 0.270 e. The number of likely N-dealkylation sites (tertiary alicyclic amines) is 1. The molecule has 2 aliphatic rings. The SMILES string of the molecule is CO[C@H]1CN(C(=O)c2cc3ccccc3[nH]2)C[C@@]12CCCO2. The molecule has 0 bridgehead atoms. The van der Waals surface area contributed by atoms with Crippen molar-refractivity contribution >= 4 is 16.8 Å². The van der Waals surface area contributed by atoms with Gasteiger partial charge in [-0.3, -0.25) is 4.79 Å². The van der Waals surface area contributed by atoms with Crippen LogP contribution in [0.5, 0.6) is 0 Å². The van der Waals surface area contributed by atoms with E-state index in [4.69, 9.17) is 9.47 Å². The second kappa shape index (κ2) is 5.11. The largest absolute Gasteiger partial charge is 0.377 e. The maximum Gasteiger partial charge on any atom is 0.270 e. The van der Waals surface area contributed by atoms with E-state index in [1.54, 1.807) is 7.11 Å². The summed E-state index contributed by atoms with van der Waals surface area (Å²) >= 11 is 0. The van der Waals surface area contributed by atoms with E-state index in [9.17, 15) is 4.79 Å². The van der Waals surface area contributed by atoms with Crippen LogP contribution in [0.4, 0.5) is 0 Å². The number of nitrogens with one attached hydrogen (secondary N) is 1. The number of hydrogen-bond donors (Lipinski definition) is 1. The van der Waals surface area contributed by atoms with Crippen molar-refractivity contribution in [2.24, 2.45) is 0 Å². The van der Waals surface area contributed by atoms with Crippen molar-refractivity contribution in [3.63, 3.8) is 0 Å². The Bertz CT molecular complexity index is 670. The molecular weight excluding hydrogens is 280 g/mol. The second-order valence-electron chi connectivity index (χ2n) is 6.20. The molecule has 2 aromatic rings. The number of H-pyrrole nitrogens is 1. The second-order valence-corrected chi connectivity index (χ2v) is 6.20. The first-order chi connectivity index (χ1) is 10.7. The molecule has 116 valence electrons. The van der Waals surface area contributed by atoms with Crippen LogP contribution < -0.4 is 0 Å². The minimum atomic E-state index is -0.309. The van der Waals surface area contributed by atoms with Crippen molar-refractivity contribution in [2.45, 2.75) is 24.5 Å². The van der Waals surface area contributed by atoms with Gasteiger partial charge in [-0.2, -0.15) is 0 Å². The third-order valence-electron chi connectivity index (χ3n) is 4.90. The van der Waals surface area contributed by atoms with Crippen LogP contribution in [0.2, 0.25) is 0 Å². The Hall–Kier alpha value is -1.85. The topological polar surface area (TPSA) is 54.6 Å². The van der Waals surface area contributed by atoms with E-state index < -0.39 is 0 Å². The number of methoxy groups -OCH3 is 1. The van der Waals surface area contributed by atoms with Gasteiger partial charge in [0.1, 0.15) is 17.4 Å². The Kier molecular flexibility index (Phi) is 3.20. The van der Waals surface area contributed by atoms with Gasteiger partial charge in [0, 0.05) is 24.6 Å². The summed E-state index contributed by atoms with van der Waals surface area (Å²) in [5, 5.41) is 1.06. The molecule has 4 rings (SSSR count). The highest BCUT2D eigenvalue weighted by molar-refractivity contribution is 5.98. The molecule has 5 heteroatoms. The lowest BCUT2D eigenvalue weighted by Gasteiger charge is -2.27. The number of aromatic amines is 1. The van der Waals surface area contributed by atoms with Crippen LogP contribution in [-0.4, -0.2) is 54.3 Å². The van der Waals surface area contributed by atoms with Crippen molar-refractivity contribution in [1.82, 2.24) is 9.88 Å². The molecule has 2 atom stereocenters. The highest BCUT2D eigenvalue weighted by atomic mass is 16.6. The third kappa shape index (κ3) is 2.04. The maximum atomic E-state index is 12.8. The molecule has 1 spiro atoms. The first-order valence-corrected chi connectivity index (χ1v) is 7.76. The van der Waals surface area contributed by atoms with Gasteiger partial charge >= 0.3 is 0 Å². The zero-order chi connectivity index (χ0) is 15.2. The molecule has 0 saturated carbocycles. The molecule has 1 amide bonds. The van der Waals surface area contributed by atoms with Crippen LogP contribution in [0.1, 0.15) is 23.3 Å². The normalized spacial score (nSPS) is 28.0. The summed E-state index contributed by atoms with van der Waals surface area (Å²) in [4.78, 5) is 17.9. The van der Waals surface area contributed by atoms with Crippen molar-refractivity contribution in [2.75, 3.05) is 26.8 Å². The van der Waals surface area contributed by atoms with Crippen LogP contribution in [0.15, 0.2) is 30.3 Å². The van der Waals surface area contributed by atoms with E-state index in [-0.39, 0.29) is 17.6 Å². The van der Waals surface area contributed by atoms with Crippen LogP contribution >= 0.6 is 0 Å². The third-order valence-corrected chi connectivity index (χ3v) is 4.90. The van der Waals surface area contributed by atoms with Crippen LogP contribution in [0.3, 0.4) is 0 Å². The standard InChI is InChI=1S/C17H20N2O3/c1-21-15-10-19(11-17(15)7-4-8-22-17)16(20)14-9-12-5-2-3-6-13(12)18-14/h2-3,5-6,9,15,18H,4,7-8,10-11H2,1H3/t15-,17-/m0/s1. The number of ether oxygens (including phenoxy) is 2. The van der Waals surface area contributed by atoms with Gasteiger partial charge in [-0.25, -0.2) is 0 Å². The Morgan fingerprint density at radius 2 is 2.32 bits per heavy atom. The Morgan fingerprint density at radius 3 is 3.05 bits per heavy atom. The summed E-state index contributed by atoms with van der Waals surface area (Å²) in [6.45, 7) is 1.96. The average Bonchev–Trinajstić information content (AvgIpc) is 3.25. The van der Waals surface area contributed by atoms with Gasteiger partial charge in [-0.1, -0.05) is 18.2 Å². The number of carbonyl (C=O) groups is 1. The average molecular weight is 300 g/mol.